The number of nitrogens with one attached hydrogen (secondary N) is 2. The highest BCUT2D eigenvalue weighted by atomic mass is 16.3. The van der Waals surface area contributed by atoms with Crippen LogP contribution >= 0.6 is 0 Å². The van der Waals surface area contributed by atoms with Gasteiger partial charge in [0, 0.05) is 23.2 Å². The summed E-state index contributed by atoms with van der Waals surface area (Å²) in [6, 6.07) is 27.0. The average molecular weight is 564 g/mol. The first-order valence-corrected chi connectivity index (χ1v) is 14.3. The number of carbonyl (C=O) groups excluding carboxylic acids is 1. The predicted molar refractivity (Wildman–Crippen MR) is 168 cm³/mol. The highest BCUT2D eigenvalue weighted by Crippen LogP contribution is 2.43. The van der Waals surface area contributed by atoms with E-state index in [4.69, 9.17) is 4.42 Å². The number of hydrogen-bond acceptors (Lipinski definition) is 7. The first kappa shape index (κ1) is 29.0. The largest absolute Gasteiger partial charge is 0.437 e. The summed E-state index contributed by atoms with van der Waals surface area (Å²) in [4.78, 5) is 24.0. The molecule has 0 radical (unpaired) electrons. The minimum atomic E-state index is -0.379. The van der Waals surface area contributed by atoms with E-state index in [0.717, 1.165) is 48.1 Å². The van der Waals surface area contributed by atoms with Gasteiger partial charge in [0.15, 0.2) is 0 Å². The van der Waals surface area contributed by atoms with Crippen LogP contribution in [0.25, 0.3) is 33.6 Å². The minimum absolute atomic E-state index is 0.00308. The van der Waals surface area contributed by atoms with Crippen LogP contribution in [0.1, 0.15) is 37.3 Å². The fourth-order valence-electron chi connectivity index (χ4n) is 5.06. The third kappa shape index (κ3) is 7.02. The molecule has 0 bridgehead atoms. The van der Waals surface area contributed by atoms with Gasteiger partial charge in [-0.25, -0.2) is 9.97 Å². The fraction of sp³-hybridized carbons (Fsp3) is 0.265. The lowest BCUT2D eigenvalue weighted by Gasteiger charge is -2.18. The average Bonchev–Trinajstić information content (AvgIpc) is 3.41. The third-order valence-electron chi connectivity index (χ3n) is 7.16. The standard InChI is InChI=1S/C34H37N5O3/c1-39(2)20-11-5-10-19-29(41)37-27-18-12-17-26(21-27)30-31-33(38-28(22-40)24-13-6-3-7-14-24)35-23-36-34(31)42-32(30)25-15-8-4-9-16-25/h3-4,6-9,12-18,21,23,28,40H,5,10-11,19-20,22H2,1-2H3,(H,37,41)(H,35,36,38)/t28-/m1/s1. The Bertz CT molecular complexity index is 1600. The van der Waals surface area contributed by atoms with Crippen LogP contribution in [-0.4, -0.2) is 53.1 Å². The zero-order valence-corrected chi connectivity index (χ0v) is 24.1. The molecule has 3 aromatic carbocycles. The lowest BCUT2D eigenvalue weighted by Crippen LogP contribution is -2.16. The fourth-order valence-corrected chi connectivity index (χ4v) is 5.06. The smallest absolute Gasteiger partial charge is 0.232 e. The van der Waals surface area contributed by atoms with Gasteiger partial charge >= 0.3 is 0 Å². The van der Waals surface area contributed by atoms with Crippen molar-refractivity contribution in [3.8, 4) is 22.5 Å². The van der Waals surface area contributed by atoms with Gasteiger partial charge in [0.2, 0.25) is 11.6 Å². The van der Waals surface area contributed by atoms with Crippen LogP contribution in [-0.2, 0) is 4.79 Å². The lowest BCUT2D eigenvalue weighted by atomic mass is 9.98. The first-order chi connectivity index (χ1) is 20.5. The van der Waals surface area contributed by atoms with Crippen molar-refractivity contribution in [3.63, 3.8) is 0 Å². The summed E-state index contributed by atoms with van der Waals surface area (Å²) >= 11 is 0. The number of aliphatic hydroxyl groups is 1. The highest BCUT2D eigenvalue weighted by molar-refractivity contribution is 6.06. The van der Waals surface area contributed by atoms with E-state index in [2.05, 4.69) is 39.6 Å². The van der Waals surface area contributed by atoms with Crippen LogP contribution in [0.2, 0.25) is 0 Å². The Morgan fingerprint density at radius 1 is 0.905 bits per heavy atom. The molecule has 3 N–H and O–H groups in total. The third-order valence-corrected chi connectivity index (χ3v) is 7.16. The van der Waals surface area contributed by atoms with Crippen LogP contribution in [0.4, 0.5) is 11.5 Å². The van der Waals surface area contributed by atoms with E-state index in [0.29, 0.717) is 34.8 Å². The molecule has 0 fully saturated rings. The van der Waals surface area contributed by atoms with Gasteiger partial charge in [0.25, 0.3) is 0 Å². The first-order valence-electron chi connectivity index (χ1n) is 14.3. The molecule has 0 saturated carbocycles. The van der Waals surface area contributed by atoms with Crippen LogP contribution in [0.3, 0.4) is 0 Å². The molecule has 1 amide bonds. The van der Waals surface area contributed by atoms with Gasteiger partial charge in [-0.1, -0.05) is 79.2 Å². The van der Waals surface area contributed by atoms with Crippen molar-refractivity contribution in [1.82, 2.24) is 14.9 Å². The van der Waals surface area contributed by atoms with Crippen molar-refractivity contribution in [3.05, 3.63) is 96.8 Å². The van der Waals surface area contributed by atoms with Gasteiger partial charge in [-0.05, 0) is 56.7 Å². The van der Waals surface area contributed by atoms with E-state index < -0.39 is 0 Å². The Morgan fingerprint density at radius 2 is 1.64 bits per heavy atom. The molecule has 8 heteroatoms. The van der Waals surface area contributed by atoms with Crippen molar-refractivity contribution in [1.29, 1.82) is 0 Å². The normalized spacial score (nSPS) is 12.0. The molecule has 216 valence electrons. The molecular formula is C34H37N5O3. The number of fused-ring (bicyclic) bond motifs is 1. The Kier molecular flexibility index (Phi) is 9.59. The van der Waals surface area contributed by atoms with E-state index in [9.17, 15) is 9.90 Å². The van der Waals surface area contributed by atoms with Crippen LogP contribution in [0.5, 0.6) is 0 Å². The number of amides is 1. The second kappa shape index (κ2) is 13.9. The second-order valence-electron chi connectivity index (χ2n) is 10.6. The number of rotatable bonds is 13. The quantitative estimate of drug-likeness (QED) is 0.136. The van der Waals surface area contributed by atoms with Crippen LogP contribution < -0.4 is 10.6 Å². The van der Waals surface area contributed by atoms with E-state index in [1.807, 2.05) is 84.9 Å². The maximum atomic E-state index is 12.8. The molecule has 0 aliphatic carbocycles. The maximum absolute atomic E-state index is 12.8. The molecule has 0 aliphatic heterocycles. The summed E-state index contributed by atoms with van der Waals surface area (Å²) in [6.07, 6.45) is 4.88. The van der Waals surface area contributed by atoms with E-state index in [1.165, 1.54) is 6.33 Å². The molecule has 0 aliphatic rings. The molecule has 1 atom stereocenters. The summed E-state index contributed by atoms with van der Waals surface area (Å²) in [5.74, 6) is 1.20. The van der Waals surface area contributed by atoms with Crippen molar-refractivity contribution in [2.45, 2.75) is 31.7 Å². The number of carbonyl (C=O) groups is 1. The van der Waals surface area contributed by atoms with E-state index in [1.54, 1.807) is 0 Å². The van der Waals surface area contributed by atoms with E-state index in [-0.39, 0.29) is 18.6 Å². The van der Waals surface area contributed by atoms with Gasteiger partial charge in [-0.15, -0.1) is 0 Å². The summed E-state index contributed by atoms with van der Waals surface area (Å²) in [5.41, 5.74) is 4.64. The zero-order chi connectivity index (χ0) is 29.3. The minimum Gasteiger partial charge on any atom is -0.437 e. The van der Waals surface area contributed by atoms with Crippen molar-refractivity contribution >= 4 is 28.5 Å². The molecule has 0 unspecified atom stereocenters. The summed E-state index contributed by atoms with van der Waals surface area (Å²) in [7, 11) is 4.12. The number of aromatic nitrogens is 2. The molecule has 2 aromatic heterocycles. The summed E-state index contributed by atoms with van der Waals surface area (Å²) in [5, 5.41) is 17.4. The van der Waals surface area contributed by atoms with Gasteiger partial charge in [-0.3, -0.25) is 4.79 Å². The topological polar surface area (TPSA) is 104 Å². The van der Waals surface area contributed by atoms with E-state index >= 15 is 0 Å². The zero-order valence-electron chi connectivity index (χ0n) is 24.1. The Morgan fingerprint density at radius 3 is 2.38 bits per heavy atom. The number of nitrogens with zero attached hydrogens (tertiary/aromatic N) is 3. The number of unbranched alkanes of at least 4 members (excludes halogenated alkanes) is 2. The van der Waals surface area contributed by atoms with Crippen LogP contribution in [0.15, 0.2) is 95.7 Å². The molecule has 5 aromatic rings. The number of aliphatic hydroxyl groups excluding tert-OH is 1. The molecule has 0 spiro atoms. The molecule has 42 heavy (non-hydrogen) atoms. The highest BCUT2D eigenvalue weighted by Gasteiger charge is 2.24. The van der Waals surface area contributed by atoms with Gasteiger partial charge in [-0.2, -0.15) is 0 Å². The Balaban J connectivity index is 1.50. The van der Waals surface area contributed by atoms with Crippen molar-refractivity contribution in [2.24, 2.45) is 0 Å². The van der Waals surface area contributed by atoms with Crippen molar-refractivity contribution in [2.75, 3.05) is 37.9 Å². The number of benzene rings is 3. The molecule has 5 rings (SSSR count). The predicted octanol–water partition coefficient (Wildman–Crippen LogP) is 6.76. The molecule has 0 saturated heterocycles. The number of hydrogen-bond donors (Lipinski definition) is 3. The molecule has 8 nitrogen and oxygen atoms in total. The SMILES string of the molecule is CN(C)CCCCCC(=O)Nc1cccc(-c2c(-c3ccccc3)oc3ncnc(N[C@H](CO)c4ccccc4)c23)c1. The van der Waals surface area contributed by atoms with Gasteiger partial charge < -0.3 is 25.1 Å². The summed E-state index contributed by atoms with van der Waals surface area (Å²) < 4.78 is 6.37. The van der Waals surface area contributed by atoms with Gasteiger partial charge in [0.05, 0.1) is 18.0 Å². The lowest BCUT2D eigenvalue weighted by molar-refractivity contribution is -0.116. The Labute approximate surface area is 246 Å². The summed E-state index contributed by atoms with van der Waals surface area (Å²) in [6.45, 7) is 0.905. The van der Waals surface area contributed by atoms with Crippen molar-refractivity contribution < 1.29 is 14.3 Å². The Hall–Kier alpha value is -4.53. The van der Waals surface area contributed by atoms with Gasteiger partial charge in [0.1, 0.15) is 17.9 Å². The number of anilines is 2. The second-order valence-corrected chi connectivity index (χ2v) is 10.6. The van der Waals surface area contributed by atoms with Crippen LogP contribution in [0, 0.1) is 0 Å². The monoisotopic (exact) mass is 563 g/mol. The molecular weight excluding hydrogens is 526 g/mol. The maximum Gasteiger partial charge on any atom is 0.232 e. The molecule has 2 heterocycles. The number of furan rings is 1.